The number of fused-ring (bicyclic) bond motifs is 1. The zero-order valence-corrected chi connectivity index (χ0v) is 16.6. The van der Waals surface area contributed by atoms with Gasteiger partial charge in [-0.15, -0.1) is 0 Å². The molecular weight excluding hydrogens is 348 g/mol. The Morgan fingerprint density at radius 3 is 2.36 bits per heavy atom. The van der Waals surface area contributed by atoms with Gasteiger partial charge in [-0.1, -0.05) is 12.1 Å². The van der Waals surface area contributed by atoms with Crippen LogP contribution >= 0.6 is 0 Å². The molecule has 0 bridgehead atoms. The maximum Gasteiger partial charge on any atom is 0.137 e. The first-order valence-corrected chi connectivity index (χ1v) is 9.54. The highest BCUT2D eigenvalue weighted by Gasteiger charge is 2.20. The number of hydrogen-bond donors (Lipinski definition) is 0. The third-order valence-corrected chi connectivity index (χ3v) is 4.97. The molecule has 0 radical (unpaired) electrons. The van der Waals surface area contributed by atoms with E-state index in [9.17, 15) is 0 Å². The standard InChI is InChI=1S/C23H24N4O/c1-4-26-10-11-27(5-2)23-13-18(7-9-22(23)26)6-8-21-14-19(12-17(3)28-21)20(15-24)16-25/h6-9,12-14H,4-5,10-11H2,1-3H3/b8-6+. The molecule has 142 valence electrons. The molecule has 0 saturated heterocycles. The molecule has 0 atom stereocenters. The van der Waals surface area contributed by atoms with Crippen molar-refractivity contribution in [3.8, 4) is 12.1 Å². The van der Waals surface area contributed by atoms with Crippen LogP contribution in [0.4, 0.5) is 11.4 Å². The molecule has 0 aromatic heterocycles. The van der Waals surface area contributed by atoms with E-state index in [0.29, 0.717) is 17.1 Å². The molecule has 0 spiro atoms. The average Bonchev–Trinajstić information content (AvgIpc) is 2.71. The number of benzene rings is 1. The molecular formula is C23H24N4O. The van der Waals surface area contributed by atoms with E-state index < -0.39 is 0 Å². The fourth-order valence-electron chi connectivity index (χ4n) is 3.52. The quantitative estimate of drug-likeness (QED) is 0.727. The summed E-state index contributed by atoms with van der Waals surface area (Å²) in [6.07, 6.45) is 7.30. The predicted octanol–water partition coefficient (Wildman–Crippen LogP) is 4.53. The Kier molecular flexibility index (Phi) is 5.87. The monoisotopic (exact) mass is 372 g/mol. The molecule has 5 nitrogen and oxygen atoms in total. The Morgan fingerprint density at radius 1 is 1.04 bits per heavy atom. The van der Waals surface area contributed by atoms with E-state index in [0.717, 1.165) is 31.7 Å². The van der Waals surface area contributed by atoms with Gasteiger partial charge in [0.15, 0.2) is 0 Å². The van der Waals surface area contributed by atoms with E-state index in [1.807, 2.05) is 31.2 Å². The predicted molar refractivity (Wildman–Crippen MR) is 112 cm³/mol. The van der Waals surface area contributed by atoms with E-state index in [2.05, 4.69) is 41.8 Å². The number of hydrogen-bond acceptors (Lipinski definition) is 5. The molecule has 3 rings (SSSR count). The van der Waals surface area contributed by atoms with Crippen LogP contribution in [0.1, 0.15) is 26.3 Å². The zero-order valence-electron chi connectivity index (χ0n) is 16.6. The lowest BCUT2D eigenvalue weighted by Crippen LogP contribution is -2.40. The molecule has 2 heterocycles. The lowest BCUT2D eigenvalue weighted by Gasteiger charge is -2.38. The second-order valence-corrected chi connectivity index (χ2v) is 6.70. The first-order valence-electron chi connectivity index (χ1n) is 9.54. The molecule has 0 saturated carbocycles. The molecule has 0 unspecified atom stereocenters. The minimum Gasteiger partial charge on any atom is -0.462 e. The number of nitrogens with zero attached hydrogens (tertiary/aromatic N) is 4. The summed E-state index contributed by atoms with van der Waals surface area (Å²) in [4.78, 5) is 4.80. The third-order valence-electron chi connectivity index (χ3n) is 4.97. The van der Waals surface area contributed by atoms with E-state index in [1.54, 1.807) is 12.2 Å². The Morgan fingerprint density at radius 2 is 1.71 bits per heavy atom. The van der Waals surface area contributed by atoms with Crippen LogP contribution in [-0.2, 0) is 4.74 Å². The van der Waals surface area contributed by atoms with Crippen LogP contribution in [0.25, 0.3) is 6.08 Å². The van der Waals surface area contributed by atoms with Crippen molar-refractivity contribution in [1.29, 1.82) is 10.5 Å². The summed E-state index contributed by atoms with van der Waals surface area (Å²) in [5, 5.41) is 18.2. The summed E-state index contributed by atoms with van der Waals surface area (Å²) in [5.41, 5.74) is 4.27. The van der Waals surface area contributed by atoms with Crippen molar-refractivity contribution in [3.63, 3.8) is 0 Å². The van der Waals surface area contributed by atoms with Crippen molar-refractivity contribution in [2.75, 3.05) is 36.0 Å². The third kappa shape index (κ3) is 3.94. The molecule has 2 aliphatic rings. The number of allylic oxidation sites excluding steroid dienone is 6. The number of nitriles is 2. The molecule has 1 aromatic carbocycles. The van der Waals surface area contributed by atoms with Crippen molar-refractivity contribution in [3.05, 3.63) is 64.7 Å². The molecule has 0 amide bonds. The fraction of sp³-hybridized carbons (Fsp3) is 0.304. The Labute approximate surface area is 166 Å². The lowest BCUT2D eigenvalue weighted by molar-refractivity contribution is 0.318. The molecule has 0 fully saturated rings. The first-order chi connectivity index (χ1) is 13.6. The molecule has 2 aliphatic heterocycles. The van der Waals surface area contributed by atoms with Gasteiger partial charge in [-0.25, -0.2) is 0 Å². The van der Waals surface area contributed by atoms with Gasteiger partial charge in [-0.2, -0.15) is 10.5 Å². The van der Waals surface area contributed by atoms with Crippen LogP contribution in [0.5, 0.6) is 0 Å². The minimum absolute atomic E-state index is 0.0839. The van der Waals surface area contributed by atoms with Crippen LogP contribution in [0.15, 0.2) is 59.1 Å². The first kappa shape index (κ1) is 19.3. The van der Waals surface area contributed by atoms with Gasteiger partial charge in [0.2, 0.25) is 0 Å². The van der Waals surface area contributed by atoms with Gasteiger partial charge in [0.25, 0.3) is 0 Å². The van der Waals surface area contributed by atoms with Crippen molar-refractivity contribution in [2.45, 2.75) is 20.8 Å². The van der Waals surface area contributed by atoms with Crippen molar-refractivity contribution >= 4 is 17.5 Å². The minimum atomic E-state index is 0.0839. The van der Waals surface area contributed by atoms with E-state index in [4.69, 9.17) is 15.3 Å². The van der Waals surface area contributed by atoms with Crippen LogP contribution in [0.2, 0.25) is 0 Å². The maximum atomic E-state index is 9.10. The average molecular weight is 372 g/mol. The summed E-state index contributed by atoms with van der Waals surface area (Å²) >= 11 is 0. The molecule has 5 heteroatoms. The number of rotatable bonds is 4. The van der Waals surface area contributed by atoms with Gasteiger partial charge >= 0.3 is 0 Å². The number of ether oxygens (including phenoxy) is 1. The molecule has 28 heavy (non-hydrogen) atoms. The van der Waals surface area contributed by atoms with E-state index in [-0.39, 0.29) is 5.57 Å². The Bertz CT molecular complexity index is 953. The van der Waals surface area contributed by atoms with Gasteiger partial charge < -0.3 is 14.5 Å². The number of likely N-dealkylation sites (N-methyl/N-ethyl adjacent to an activating group) is 2. The van der Waals surface area contributed by atoms with Gasteiger partial charge in [-0.05, 0) is 56.7 Å². The molecule has 0 N–H and O–H groups in total. The summed E-state index contributed by atoms with van der Waals surface area (Å²) in [6.45, 7) is 10.2. The van der Waals surface area contributed by atoms with Gasteiger partial charge in [-0.3, -0.25) is 0 Å². The highest BCUT2D eigenvalue weighted by Crippen LogP contribution is 2.34. The second-order valence-electron chi connectivity index (χ2n) is 6.70. The van der Waals surface area contributed by atoms with Crippen molar-refractivity contribution in [1.82, 2.24) is 0 Å². The van der Waals surface area contributed by atoms with Gasteiger partial charge in [0.05, 0.1) is 11.4 Å². The SMILES string of the molecule is CCN1CCN(CC)c2cc(/C=C/C3=CC(=C(C#N)C#N)C=C(C)O3)ccc21. The highest BCUT2D eigenvalue weighted by atomic mass is 16.5. The topological polar surface area (TPSA) is 63.3 Å². The van der Waals surface area contributed by atoms with Crippen molar-refractivity contribution in [2.24, 2.45) is 0 Å². The van der Waals surface area contributed by atoms with E-state index in [1.165, 1.54) is 11.4 Å². The Hall–Kier alpha value is -3.44. The summed E-state index contributed by atoms with van der Waals surface area (Å²) in [6, 6.07) is 10.4. The van der Waals surface area contributed by atoms with E-state index >= 15 is 0 Å². The van der Waals surface area contributed by atoms with Crippen LogP contribution in [0, 0.1) is 22.7 Å². The van der Waals surface area contributed by atoms with Gasteiger partial charge in [0.1, 0.15) is 29.2 Å². The second kappa shape index (κ2) is 8.50. The number of anilines is 2. The summed E-state index contributed by atoms with van der Waals surface area (Å²) < 4.78 is 5.73. The Balaban J connectivity index is 1.90. The summed E-state index contributed by atoms with van der Waals surface area (Å²) in [5.74, 6) is 1.26. The molecule has 1 aromatic rings. The fourth-order valence-corrected chi connectivity index (χ4v) is 3.52. The van der Waals surface area contributed by atoms with Crippen LogP contribution < -0.4 is 9.80 Å². The van der Waals surface area contributed by atoms with Crippen molar-refractivity contribution < 1.29 is 4.74 Å². The van der Waals surface area contributed by atoms with Gasteiger partial charge in [0, 0.05) is 31.8 Å². The molecule has 0 aliphatic carbocycles. The smallest absolute Gasteiger partial charge is 0.137 e. The van der Waals surface area contributed by atoms with Crippen LogP contribution in [0.3, 0.4) is 0 Å². The normalized spacial score (nSPS) is 16.0. The lowest BCUT2D eigenvalue weighted by atomic mass is 10.1. The zero-order chi connectivity index (χ0) is 20.1. The largest absolute Gasteiger partial charge is 0.462 e. The maximum absolute atomic E-state index is 9.10. The summed E-state index contributed by atoms with van der Waals surface area (Å²) in [7, 11) is 0. The van der Waals surface area contributed by atoms with Crippen LogP contribution in [-0.4, -0.2) is 26.2 Å². The highest BCUT2D eigenvalue weighted by molar-refractivity contribution is 5.77.